The molecule has 0 fully saturated rings. The van der Waals surface area contributed by atoms with Gasteiger partial charge in [-0.25, -0.2) is 0 Å². The number of rotatable bonds is 6. The van der Waals surface area contributed by atoms with Gasteiger partial charge in [-0.05, 0) is 68.1 Å². The lowest BCUT2D eigenvalue weighted by Gasteiger charge is -2.37. The molecule has 1 aromatic heterocycles. The van der Waals surface area contributed by atoms with Crippen molar-refractivity contribution in [3.8, 4) is 5.75 Å². The molecule has 1 aliphatic rings. The third-order valence-electron chi connectivity index (χ3n) is 6.23. The highest BCUT2D eigenvalue weighted by Crippen LogP contribution is 2.38. The smallest absolute Gasteiger partial charge is 0.290 e. The van der Waals surface area contributed by atoms with Crippen molar-refractivity contribution in [1.82, 2.24) is 9.80 Å². The van der Waals surface area contributed by atoms with E-state index in [1.165, 1.54) is 11.8 Å². The van der Waals surface area contributed by atoms with Crippen molar-refractivity contribution >= 4 is 11.8 Å². The Morgan fingerprint density at radius 2 is 1.97 bits per heavy atom. The predicted octanol–water partition coefficient (Wildman–Crippen LogP) is 4.62. The third-order valence-corrected chi connectivity index (χ3v) is 6.23. The van der Waals surface area contributed by atoms with Crippen molar-refractivity contribution in [2.24, 2.45) is 0 Å². The van der Waals surface area contributed by atoms with E-state index >= 15 is 0 Å². The van der Waals surface area contributed by atoms with E-state index in [4.69, 9.17) is 9.15 Å². The molecule has 0 spiro atoms. The summed E-state index contributed by atoms with van der Waals surface area (Å²) in [6.45, 7) is 6.53. The molecule has 6 nitrogen and oxygen atoms in total. The van der Waals surface area contributed by atoms with Gasteiger partial charge in [-0.15, -0.1) is 0 Å². The second kappa shape index (κ2) is 9.53. The van der Waals surface area contributed by atoms with Gasteiger partial charge in [0.25, 0.3) is 11.8 Å². The van der Waals surface area contributed by atoms with Gasteiger partial charge in [-0.3, -0.25) is 9.59 Å². The summed E-state index contributed by atoms with van der Waals surface area (Å²) in [5.41, 5.74) is 4.33. The Morgan fingerprint density at radius 1 is 1.15 bits per heavy atom. The summed E-state index contributed by atoms with van der Waals surface area (Å²) < 4.78 is 11.3. The van der Waals surface area contributed by atoms with Gasteiger partial charge in [0.15, 0.2) is 12.4 Å². The highest BCUT2D eigenvalue weighted by Gasteiger charge is 2.34. The maximum atomic E-state index is 13.3. The van der Waals surface area contributed by atoms with Gasteiger partial charge in [0.1, 0.15) is 5.75 Å². The molecule has 33 heavy (non-hydrogen) atoms. The van der Waals surface area contributed by atoms with Crippen molar-refractivity contribution in [2.45, 2.75) is 39.3 Å². The molecule has 3 aromatic rings. The van der Waals surface area contributed by atoms with E-state index in [2.05, 4.69) is 6.07 Å². The minimum Gasteiger partial charge on any atom is -0.484 e. The highest BCUT2D eigenvalue weighted by atomic mass is 16.5. The number of furan rings is 1. The molecule has 0 saturated heterocycles. The molecule has 6 heteroatoms. The van der Waals surface area contributed by atoms with Crippen molar-refractivity contribution in [1.29, 1.82) is 0 Å². The Balaban J connectivity index is 1.68. The summed E-state index contributed by atoms with van der Waals surface area (Å²) in [5, 5.41) is 0. The Morgan fingerprint density at radius 3 is 2.67 bits per heavy atom. The molecule has 1 atom stereocenters. The van der Waals surface area contributed by atoms with Crippen LogP contribution in [0.3, 0.4) is 0 Å². The van der Waals surface area contributed by atoms with E-state index in [0.717, 1.165) is 23.1 Å². The lowest BCUT2D eigenvalue weighted by Crippen LogP contribution is -2.40. The van der Waals surface area contributed by atoms with Crippen LogP contribution in [0.15, 0.2) is 65.3 Å². The molecule has 0 saturated carbocycles. The van der Waals surface area contributed by atoms with Crippen LogP contribution in [0.1, 0.15) is 52.7 Å². The molecule has 0 radical (unpaired) electrons. The molecule has 0 bridgehead atoms. The molecule has 4 rings (SSSR count). The topological polar surface area (TPSA) is 63.0 Å². The molecule has 2 heterocycles. The Bertz CT molecular complexity index is 1140. The van der Waals surface area contributed by atoms with E-state index < -0.39 is 0 Å². The van der Waals surface area contributed by atoms with Gasteiger partial charge in [-0.2, -0.15) is 0 Å². The van der Waals surface area contributed by atoms with Crippen LogP contribution in [-0.2, 0) is 11.2 Å². The minimum atomic E-state index is -0.274. The largest absolute Gasteiger partial charge is 0.484 e. The van der Waals surface area contributed by atoms with Crippen LogP contribution in [0.2, 0.25) is 0 Å². The first kappa shape index (κ1) is 22.6. The summed E-state index contributed by atoms with van der Waals surface area (Å²) in [5.74, 6) is 0.722. The van der Waals surface area contributed by atoms with Crippen molar-refractivity contribution < 1.29 is 18.7 Å². The third kappa shape index (κ3) is 4.80. The first-order chi connectivity index (χ1) is 15.8. The molecular weight excluding hydrogens is 416 g/mol. The normalized spacial score (nSPS) is 15.3. The van der Waals surface area contributed by atoms with Gasteiger partial charge >= 0.3 is 0 Å². The average Bonchev–Trinajstić information content (AvgIpc) is 3.35. The lowest BCUT2D eigenvalue weighted by atomic mass is 9.87. The minimum absolute atomic E-state index is 0.0301. The van der Waals surface area contributed by atoms with Crippen LogP contribution in [0.25, 0.3) is 0 Å². The number of amides is 2. The fraction of sp³-hybridized carbons (Fsp3) is 0.333. The number of fused-ring (bicyclic) bond motifs is 1. The van der Waals surface area contributed by atoms with Gasteiger partial charge in [0.05, 0.1) is 12.3 Å². The maximum Gasteiger partial charge on any atom is 0.290 e. The lowest BCUT2D eigenvalue weighted by molar-refractivity contribution is -0.133. The van der Waals surface area contributed by atoms with Crippen LogP contribution in [0.4, 0.5) is 0 Å². The number of likely N-dealkylation sites (N-methyl/N-ethyl adjacent to an activating group) is 1. The summed E-state index contributed by atoms with van der Waals surface area (Å²) in [4.78, 5) is 29.2. The van der Waals surface area contributed by atoms with Crippen LogP contribution in [0, 0.1) is 6.92 Å². The monoisotopic (exact) mass is 446 g/mol. The SMILES string of the molecule is Cc1cccc(C2c3cc(OCC(=O)N(C)C(C)C)ccc3CCN2C(=O)c2ccco2)c1. The van der Waals surface area contributed by atoms with Crippen molar-refractivity contribution in [3.63, 3.8) is 0 Å². The number of ether oxygens (including phenoxy) is 1. The van der Waals surface area contributed by atoms with Crippen molar-refractivity contribution in [2.75, 3.05) is 20.2 Å². The predicted molar refractivity (Wildman–Crippen MR) is 126 cm³/mol. The Labute approximate surface area is 194 Å². The fourth-order valence-corrected chi connectivity index (χ4v) is 4.18. The number of aryl methyl sites for hydroxylation is 1. The van der Waals surface area contributed by atoms with E-state index in [9.17, 15) is 9.59 Å². The summed E-state index contributed by atoms with van der Waals surface area (Å²) in [6.07, 6.45) is 2.25. The number of carbonyl (C=O) groups is 2. The number of hydrogen-bond acceptors (Lipinski definition) is 4. The number of nitrogens with zero attached hydrogens (tertiary/aromatic N) is 2. The Hall–Kier alpha value is -3.54. The molecule has 1 aliphatic heterocycles. The maximum absolute atomic E-state index is 13.3. The van der Waals surface area contributed by atoms with E-state index in [0.29, 0.717) is 18.1 Å². The molecule has 2 amide bonds. The molecular formula is C27H30N2O4. The van der Waals surface area contributed by atoms with Crippen LogP contribution >= 0.6 is 0 Å². The van der Waals surface area contributed by atoms with E-state index in [1.807, 2.05) is 62.1 Å². The van der Waals surface area contributed by atoms with Gasteiger partial charge in [-0.1, -0.05) is 35.9 Å². The second-order valence-corrected chi connectivity index (χ2v) is 8.79. The Kier molecular flexibility index (Phi) is 6.54. The second-order valence-electron chi connectivity index (χ2n) is 8.79. The zero-order valence-corrected chi connectivity index (χ0v) is 19.6. The van der Waals surface area contributed by atoms with Gasteiger partial charge in [0, 0.05) is 19.6 Å². The van der Waals surface area contributed by atoms with Crippen molar-refractivity contribution in [3.05, 3.63) is 88.9 Å². The summed E-state index contributed by atoms with van der Waals surface area (Å²) >= 11 is 0. The highest BCUT2D eigenvalue weighted by molar-refractivity contribution is 5.92. The standard InChI is InChI=1S/C27H30N2O4/c1-18(2)28(4)25(30)17-33-22-11-10-20-12-13-29(27(31)24-9-6-14-32-24)26(23(20)16-22)21-8-5-7-19(3)15-21/h5-11,14-16,18,26H,12-13,17H2,1-4H3. The summed E-state index contributed by atoms with van der Waals surface area (Å²) in [6, 6.07) is 17.4. The summed E-state index contributed by atoms with van der Waals surface area (Å²) in [7, 11) is 1.77. The van der Waals surface area contributed by atoms with E-state index in [-0.39, 0.29) is 30.5 Å². The fourth-order valence-electron chi connectivity index (χ4n) is 4.18. The zero-order valence-electron chi connectivity index (χ0n) is 19.6. The first-order valence-corrected chi connectivity index (χ1v) is 11.3. The van der Waals surface area contributed by atoms with E-state index in [1.54, 1.807) is 24.1 Å². The molecule has 172 valence electrons. The number of benzene rings is 2. The molecule has 0 aliphatic carbocycles. The molecule has 1 unspecified atom stereocenters. The number of hydrogen-bond donors (Lipinski definition) is 0. The van der Waals surface area contributed by atoms with Crippen LogP contribution in [-0.4, -0.2) is 47.9 Å². The first-order valence-electron chi connectivity index (χ1n) is 11.3. The van der Waals surface area contributed by atoms with Gasteiger partial charge in [0.2, 0.25) is 0 Å². The molecule has 0 N–H and O–H groups in total. The zero-order chi connectivity index (χ0) is 23.5. The molecule has 2 aromatic carbocycles. The average molecular weight is 447 g/mol. The number of carbonyl (C=O) groups excluding carboxylic acids is 2. The van der Waals surface area contributed by atoms with Crippen LogP contribution in [0.5, 0.6) is 5.75 Å². The van der Waals surface area contributed by atoms with Gasteiger partial charge < -0.3 is 19.0 Å². The van der Waals surface area contributed by atoms with Crippen LogP contribution < -0.4 is 4.74 Å². The quantitative estimate of drug-likeness (QED) is 0.554.